The lowest BCUT2D eigenvalue weighted by Gasteiger charge is -2.10. The number of fused-ring (bicyclic) bond motifs is 3. The summed E-state index contributed by atoms with van der Waals surface area (Å²) < 4.78 is 2.78. The molecule has 0 aliphatic carbocycles. The highest BCUT2D eigenvalue weighted by Gasteiger charge is 2.21. The number of hydrogen-bond donors (Lipinski definition) is 0. The van der Waals surface area contributed by atoms with Gasteiger partial charge in [-0.2, -0.15) is 9.78 Å². The molecule has 3 nitrogen and oxygen atoms in total. The minimum atomic E-state index is -0.101. The van der Waals surface area contributed by atoms with Crippen molar-refractivity contribution >= 4 is 34.7 Å². The molecule has 0 saturated carbocycles. The zero-order valence-corrected chi connectivity index (χ0v) is 15.5. The molecule has 0 unspecified atom stereocenters. The summed E-state index contributed by atoms with van der Waals surface area (Å²) in [4.78, 5) is 13.9. The third-order valence-electron chi connectivity index (χ3n) is 4.04. The van der Waals surface area contributed by atoms with E-state index in [4.69, 9.17) is 16.7 Å². The number of nitrogens with zero attached hydrogens (tertiary/aromatic N) is 2. The summed E-state index contributed by atoms with van der Waals surface area (Å²) in [6.07, 6.45) is 1.89. The first-order valence-electron chi connectivity index (χ1n) is 7.81. The van der Waals surface area contributed by atoms with Gasteiger partial charge in [0.25, 0.3) is 5.56 Å². The van der Waals surface area contributed by atoms with E-state index in [0.29, 0.717) is 5.02 Å². The number of aromatic nitrogens is 2. The molecule has 0 atom stereocenters. The molecule has 0 bridgehead atoms. The molecular weight excluding hydrogens is 360 g/mol. The topological polar surface area (TPSA) is 34.9 Å². The fourth-order valence-corrected chi connectivity index (χ4v) is 5.38. The zero-order chi connectivity index (χ0) is 16.7. The van der Waals surface area contributed by atoms with Crippen molar-refractivity contribution < 1.29 is 0 Å². The monoisotopic (exact) mass is 374 g/mol. The van der Waals surface area contributed by atoms with Gasteiger partial charge in [-0.15, -0.1) is 23.1 Å². The van der Waals surface area contributed by atoms with Crippen LogP contribution in [-0.4, -0.2) is 15.5 Å². The average molecular weight is 375 g/mol. The Labute approximate surface area is 153 Å². The van der Waals surface area contributed by atoms with E-state index < -0.39 is 0 Å². The molecule has 3 heterocycles. The van der Waals surface area contributed by atoms with Crippen LogP contribution < -0.4 is 5.56 Å². The predicted molar refractivity (Wildman–Crippen MR) is 102 cm³/mol. The van der Waals surface area contributed by atoms with Crippen molar-refractivity contribution in [2.75, 3.05) is 5.75 Å². The van der Waals surface area contributed by atoms with Crippen molar-refractivity contribution in [3.63, 3.8) is 0 Å². The third kappa shape index (κ3) is 2.81. The Morgan fingerprint density at radius 2 is 2.04 bits per heavy atom. The third-order valence-corrected chi connectivity index (χ3v) is 6.86. The molecule has 0 fully saturated rings. The van der Waals surface area contributed by atoms with Crippen LogP contribution in [-0.2, 0) is 12.8 Å². The lowest BCUT2D eigenvalue weighted by atomic mass is 10.1. The lowest BCUT2D eigenvalue weighted by Crippen LogP contribution is -2.22. The molecule has 0 spiro atoms. The van der Waals surface area contributed by atoms with E-state index in [2.05, 4.69) is 13.0 Å². The minimum Gasteiger partial charge on any atom is -0.267 e. The van der Waals surface area contributed by atoms with Crippen molar-refractivity contribution in [2.24, 2.45) is 0 Å². The number of hydrogen-bond acceptors (Lipinski definition) is 4. The Balaban J connectivity index is 1.92. The average Bonchev–Trinajstić information content (AvgIpc) is 2.92. The first-order valence-corrected chi connectivity index (χ1v) is 9.99. The maximum atomic E-state index is 12.5. The van der Waals surface area contributed by atoms with Gasteiger partial charge in [-0.05, 0) is 48.7 Å². The van der Waals surface area contributed by atoms with Crippen molar-refractivity contribution in [3.05, 3.63) is 62.2 Å². The highest BCUT2D eigenvalue weighted by Crippen LogP contribution is 2.42. The molecule has 24 heavy (non-hydrogen) atoms. The Morgan fingerprint density at radius 1 is 1.25 bits per heavy atom. The second-order valence-corrected chi connectivity index (χ2v) is 8.55. The first kappa shape index (κ1) is 15.9. The van der Waals surface area contributed by atoms with E-state index in [1.54, 1.807) is 18.2 Å². The van der Waals surface area contributed by atoms with Crippen LogP contribution in [0.4, 0.5) is 0 Å². The van der Waals surface area contributed by atoms with Gasteiger partial charge in [0.1, 0.15) is 0 Å². The summed E-state index contributed by atoms with van der Waals surface area (Å²) in [5, 5.41) is 5.36. The summed E-state index contributed by atoms with van der Waals surface area (Å²) in [5.74, 6) is 0.982. The Morgan fingerprint density at radius 3 is 2.79 bits per heavy atom. The van der Waals surface area contributed by atoms with Crippen LogP contribution in [0.2, 0.25) is 5.02 Å². The maximum absolute atomic E-state index is 12.5. The van der Waals surface area contributed by atoms with Crippen LogP contribution in [0.3, 0.4) is 0 Å². The lowest BCUT2D eigenvalue weighted by molar-refractivity contribution is 0.801. The van der Waals surface area contributed by atoms with Gasteiger partial charge in [0.2, 0.25) is 0 Å². The highest BCUT2D eigenvalue weighted by molar-refractivity contribution is 8.01. The quantitative estimate of drug-likeness (QED) is 0.644. The molecule has 0 N–H and O–H groups in total. The van der Waals surface area contributed by atoms with Gasteiger partial charge in [-0.3, -0.25) is 4.79 Å². The van der Waals surface area contributed by atoms with E-state index in [1.165, 1.54) is 13.8 Å². The summed E-state index contributed by atoms with van der Waals surface area (Å²) in [5.41, 5.74) is 3.77. The Hall–Kier alpha value is -1.56. The van der Waals surface area contributed by atoms with Crippen molar-refractivity contribution in [1.29, 1.82) is 0 Å². The summed E-state index contributed by atoms with van der Waals surface area (Å²) >= 11 is 9.65. The van der Waals surface area contributed by atoms with Gasteiger partial charge in [0.15, 0.2) is 0 Å². The predicted octanol–water partition coefficient (Wildman–Crippen LogP) is 4.83. The van der Waals surface area contributed by atoms with E-state index in [1.807, 2.05) is 35.2 Å². The molecule has 0 radical (unpaired) electrons. The van der Waals surface area contributed by atoms with Crippen molar-refractivity contribution in [2.45, 2.75) is 24.0 Å². The molecule has 1 aliphatic heterocycles. The maximum Gasteiger partial charge on any atom is 0.271 e. The Kier molecular flexibility index (Phi) is 4.24. The van der Waals surface area contributed by atoms with E-state index in [9.17, 15) is 4.79 Å². The number of aryl methyl sites for hydroxylation is 2. The summed E-state index contributed by atoms with van der Waals surface area (Å²) in [6, 6.07) is 11.1. The van der Waals surface area contributed by atoms with Crippen molar-refractivity contribution in [1.82, 2.24) is 9.78 Å². The largest absolute Gasteiger partial charge is 0.271 e. The van der Waals surface area contributed by atoms with Gasteiger partial charge < -0.3 is 0 Å². The Bertz CT molecular complexity index is 960. The van der Waals surface area contributed by atoms with Crippen LogP contribution >= 0.6 is 34.7 Å². The van der Waals surface area contributed by atoms with Crippen molar-refractivity contribution in [3.8, 4) is 16.9 Å². The van der Waals surface area contributed by atoms with Crippen LogP contribution in [0.15, 0.2) is 45.4 Å². The van der Waals surface area contributed by atoms with E-state index in [-0.39, 0.29) is 5.56 Å². The second-order valence-electron chi connectivity index (χ2n) is 5.61. The molecule has 1 aliphatic rings. The number of thiophene rings is 1. The second kappa shape index (κ2) is 6.39. The van der Waals surface area contributed by atoms with Crippen LogP contribution in [0.1, 0.15) is 17.4 Å². The van der Waals surface area contributed by atoms with Gasteiger partial charge in [-0.25, -0.2) is 0 Å². The highest BCUT2D eigenvalue weighted by atomic mass is 35.5. The smallest absolute Gasteiger partial charge is 0.267 e. The fourth-order valence-electron chi connectivity index (χ4n) is 2.80. The first-order chi connectivity index (χ1) is 11.7. The minimum absolute atomic E-state index is 0.101. The molecule has 4 rings (SSSR count). The van der Waals surface area contributed by atoms with Crippen LogP contribution in [0, 0.1) is 0 Å². The summed E-state index contributed by atoms with van der Waals surface area (Å²) in [6.45, 7) is 2.17. The number of benzene rings is 1. The molecule has 3 aromatic rings. The zero-order valence-electron chi connectivity index (χ0n) is 13.1. The molecule has 6 heteroatoms. The van der Waals surface area contributed by atoms with Gasteiger partial charge >= 0.3 is 0 Å². The molecule has 1 aromatic carbocycles. The fraction of sp³-hybridized carbons (Fsp3) is 0.222. The molecular formula is C18H15ClN2OS2. The van der Waals surface area contributed by atoms with Gasteiger partial charge in [-0.1, -0.05) is 18.5 Å². The number of halogens is 1. The molecule has 0 amide bonds. The molecule has 0 saturated heterocycles. The van der Waals surface area contributed by atoms with Gasteiger partial charge in [0, 0.05) is 27.3 Å². The normalized spacial score (nSPS) is 13.2. The number of thioether (sulfide) groups is 1. The molecule has 2 aromatic heterocycles. The standard InChI is InChI=1S/C18H15ClN2OS2/c1-2-14-10-15-17-11(7-8-23-18(15)24-14)9-16(22)21(20-17)13-5-3-12(19)4-6-13/h3-6,9-10H,2,7-8H2,1H3. The number of rotatable bonds is 2. The SMILES string of the molecule is CCc1cc2c(s1)SCCc1cc(=O)n(-c3ccc(Cl)cc3)nc1-2. The van der Waals surface area contributed by atoms with Crippen LogP contribution in [0.5, 0.6) is 0 Å². The van der Waals surface area contributed by atoms with E-state index >= 15 is 0 Å². The van der Waals surface area contributed by atoms with Gasteiger partial charge in [0.05, 0.1) is 15.6 Å². The van der Waals surface area contributed by atoms with Crippen LogP contribution in [0.25, 0.3) is 16.9 Å². The summed E-state index contributed by atoms with van der Waals surface area (Å²) in [7, 11) is 0. The molecule has 122 valence electrons. The van der Waals surface area contributed by atoms with E-state index in [0.717, 1.165) is 41.1 Å².